The number of aliphatic hydroxyl groups excluding tert-OH is 2. The maximum absolute atomic E-state index is 10.1. The third-order valence-corrected chi connectivity index (χ3v) is 4.00. The molecule has 1 aliphatic heterocycles. The van der Waals surface area contributed by atoms with E-state index in [2.05, 4.69) is 4.98 Å². The number of aryl methyl sites for hydroxylation is 1. The highest BCUT2D eigenvalue weighted by Gasteiger charge is 2.35. The van der Waals surface area contributed by atoms with Crippen molar-refractivity contribution in [1.29, 1.82) is 0 Å². The van der Waals surface area contributed by atoms with Crippen LogP contribution in [0.15, 0.2) is 18.2 Å². The molecule has 0 aliphatic carbocycles. The van der Waals surface area contributed by atoms with Gasteiger partial charge >= 0.3 is 0 Å². The Morgan fingerprint density at radius 3 is 2.80 bits per heavy atom. The van der Waals surface area contributed by atoms with E-state index in [-0.39, 0.29) is 6.61 Å². The average Bonchev–Trinajstić information content (AvgIpc) is 2.38. The molecular weight excluding hydrogens is 254 g/mol. The molecule has 0 saturated carbocycles. The van der Waals surface area contributed by atoms with Gasteiger partial charge in [-0.25, -0.2) is 0 Å². The second-order valence-corrected chi connectivity index (χ2v) is 5.99. The van der Waals surface area contributed by atoms with E-state index in [1.54, 1.807) is 0 Å². The van der Waals surface area contributed by atoms with Crippen molar-refractivity contribution >= 4 is 10.9 Å². The molecule has 3 rings (SSSR count). The molecule has 106 valence electrons. The van der Waals surface area contributed by atoms with Crippen LogP contribution in [-0.4, -0.2) is 26.9 Å². The summed E-state index contributed by atoms with van der Waals surface area (Å²) < 4.78 is 5.92. The molecule has 1 aromatic heterocycles. The minimum Gasteiger partial charge on any atom is -0.485 e. The van der Waals surface area contributed by atoms with Crippen LogP contribution in [0.25, 0.3) is 10.9 Å². The van der Waals surface area contributed by atoms with Crippen molar-refractivity contribution in [3.63, 3.8) is 0 Å². The largest absolute Gasteiger partial charge is 0.485 e. The standard InChI is InChI=1S/C16H19NO3/c1-9-4-11(8-18)17-13-5-10-6-15(19)16(2,3)20-14(10)7-12(9)13/h4-5,7,15,18-19H,6,8H2,1-3H3/t15-/m1/s1. The van der Waals surface area contributed by atoms with Crippen LogP contribution >= 0.6 is 0 Å². The molecule has 0 amide bonds. The first-order valence-corrected chi connectivity index (χ1v) is 6.82. The van der Waals surface area contributed by atoms with Crippen molar-refractivity contribution in [1.82, 2.24) is 4.98 Å². The number of hydrogen-bond acceptors (Lipinski definition) is 4. The topological polar surface area (TPSA) is 62.6 Å². The second-order valence-electron chi connectivity index (χ2n) is 5.99. The van der Waals surface area contributed by atoms with Crippen LogP contribution in [-0.2, 0) is 13.0 Å². The third-order valence-electron chi connectivity index (χ3n) is 4.00. The lowest BCUT2D eigenvalue weighted by molar-refractivity contribution is -0.0410. The molecule has 1 atom stereocenters. The zero-order valence-electron chi connectivity index (χ0n) is 12.0. The van der Waals surface area contributed by atoms with E-state index >= 15 is 0 Å². The van der Waals surface area contributed by atoms with Gasteiger partial charge in [-0.05, 0) is 50.1 Å². The van der Waals surface area contributed by atoms with Crippen molar-refractivity contribution in [2.24, 2.45) is 0 Å². The van der Waals surface area contributed by atoms with E-state index < -0.39 is 11.7 Å². The number of aromatic nitrogens is 1. The van der Waals surface area contributed by atoms with Crippen LogP contribution < -0.4 is 4.74 Å². The van der Waals surface area contributed by atoms with Gasteiger partial charge in [-0.2, -0.15) is 0 Å². The summed E-state index contributed by atoms with van der Waals surface area (Å²) in [6, 6.07) is 5.83. The van der Waals surface area contributed by atoms with E-state index in [4.69, 9.17) is 4.74 Å². The summed E-state index contributed by atoms with van der Waals surface area (Å²) in [6.45, 7) is 5.72. The lowest BCUT2D eigenvalue weighted by atomic mass is 9.90. The molecule has 2 N–H and O–H groups in total. The lowest BCUT2D eigenvalue weighted by Gasteiger charge is -2.37. The molecule has 0 bridgehead atoms. The number of benzene rings is 1. The molecule has 4 nitrogen and oxygen atoms in total. The number of rotatable bonds is 1. The van der Waals surface area contributed by atoms with Gasteiger partial charge in [0.15, 0.2) is 0 Å². The van der Waals surface area contributed by atoms with E-state index in [1.165, 1.54) is 0 Å². The molecule has 0 radical (unpaired) electrons. The summed E-state index contributed by atoms with van der Waals surface area (Å²) in [5.41, 5.74) is 2.95. The van der Waals surface area contributed by atoms with Crippen LogP contribution in [0, 0.1) is 6.92 Å². The normalized spacial score (nSPS) is 20.6. The fourth-order valence-corrected chi connectivity index (χ4v) is 2.68. The van der Waals surface area contributed by atoms with Gasteiger partial charge in [-0.15, -0.1) is 0 Å². The summed E-state index contributed by atoms with van der Waals surface area (Å²) in [6.07, 6.45) is 0.0251. The van der Waals surface area contributed by atoms with Gasteiger partial charge in [-0.1, -0.05) is 0 Å². The van der Waals surface area contributed by atoms with Crippen molar-refractivity contribution in [3.8, 4) is 5.75 Å². The number of hydrogen-bond donors (Lipinski definition) is 2. The summed E-state index contributed by atoms with van der Waals surface area (Å²) in [5, 5.41) is 20.4. The number of ether oxygens (including phenoxy) is 1. The first-order chi connectivity index (χ1) is 9.40. The van der Waals surface area contributed by atoms with Gasteiger partial charge in [-0.3, -0.25) is 4.98 Å². The minimum absolute atomic E-state index is 0.0694. The average molecular weight is 273 g/mol. The molecule has 0 saturated heterocycles. The van der Waals surface area contributed by atoms with E-state index in [0.717, 1.165) is 27.8 Å². The number of aliphatic hydroxyl groups is 2. The minimum atomic E-state index is -0.576. The van der Waals surface area contributed by atoms with Crippen molar-refractivity contribution in [3.05, 3.63) is 35.0 Å². The van der Waals surface area contributed by atoms with Crippen LogP contribution in [0.4, 0.5) is 0 Å². The highest BCUT2D eigenvalue weighted by atomic mass is 16.5. The van der Waals surface area contributed by atoms with Crippen LogP contribution in [0.1, 0.15) is 30.7 Å². The third kappa shape index (κ3) is 2.05. The molecule has 20 heavy (non-hydrogen) atoms. The summed E-state index contributed by atoms with van der Waals surface area (Å²) in [7, 11) is 0. The Kier molecular flexibility index (Phi) is 2.96. The quantitative estimate of drug-likeness (QED) is 0.835. The van der Waals surface area contributed by atoms with E-state index in [9.17, 15) is 10.2 Å². The molecule has 2 heterocycles. The van der Waals surface area contributed by atoms with E-state index in [1.807, 2.05) is 39.0 Å². The summed E-state index contributed by atoms with van der Waals surface area (Å²) in [5.74, 6) is 0.814. The Morgan fingerprint density at radius 1 is 1.35 bits per heavy atom. The number of pyridine rings is 1. The van der Waals surface area contributed by atoms with Crippen molar-refractivity contribution in [2.75, 3.05) is 0 Å². The molecule has 2 aromatic rings. The van der Waals surface area contributed by atoms with Gasteiger partial charge in [0, 0.05) is 11.8 Å². The molecule has 4 heteroatoms. The first-order valence-electron chi connectivity index (χ1n) is 6.82. The zero-order valence-corrected chi connectivity index (χ0v) is 12.0. The van der Waals surface area contributed by atoms with Gasteiger partial charge in [0.2, 0.25) is 0 Å². The molecule has 0 fully saturated rings. The summed E-state index contributed by atoms with van der Waals surface area (Å²) >= 11 is 0. The maximum atomic E-state index is 10.1. The Labute approximate surface area is 118 Å². The monoisotopic (exact) mass is 273 g/mol. The molecular formula is C16H19NO3. The molecule has 1 aromatic carbocycles. The van der Waals surface area contributed by atoms with Gasteiger partial charge in [0.1, 0.15) is 11.4 Å². The Hall–Kier alpha value is -1.65. The van der Waals surface area contributed by atoms with Gasteiger partial charge in [0.25, 0.3) is 0 Å². The fourth-order valence-electron chi connectivity index (χ4n) is 2.68. The van der Waals surface area contributed by atoms with Crippen LogP contribution in [0.3, 0.4) is 0 Å². The summed E-state index contributed by atoms with van der Waals surface area (Å²) in [4.78, 5) is 4.44. The Balaban J connectivity index is 2.19. The predicted molar refractivity (Wildman–Crippen MR) is 76.8 cm³/mol. The molecule has 0 unspecified atom stereocenters. The number of fused-ring (bicyclic) bond motifs is 2. The highest BCUT2D eigenvalue weighted by Crippen LogP contribution is 2.36. The zero-order chi connectivity index (χ0) is 14.5. The van der Waals surface area contributed by atoms with Crippen molar-refractivity contribution in [2.45, 2.75) is 45.5 Å². The maximum Gasteiger partial charge on any atom is 0.129 e. The fraction of sp³-hybridized carbons (Fsp3) is 0.438. The van der Waals surface area contributed by atoms with Crippen LogP contribution in [0.2, 0.25) is 0 Å². The first kappa shape index (κ1) is 13.3. The van der Waals surface area contributed by atoms with Crippen LogP contribution in [0.5, 0.6) is 5.75 Å². The van der Waals surface area contributed by atoms with Gasteiger partial charge in [0.05, 0.1) is 23.9 Å². The predicted octanol–water partition coefficient (Wildman–Crippen LogP) is 2.11. The molecule has 1 aliphatic rings. The molecule has 0 spiro atoms. The highest BCUT2D eigenvalue weighted by molar-refractivity contribution is 5.85. The van der Waals surface area contributed by atoms with Crippen molar-refractivity contribution < 1.29 is 14.9 Å². The van der Waals surface area contributed by atoms with Gasteiger partial charge < -0.3 is 14.9 Å². The second kappa shape index (κ2) is 4.43. The Bertz CT molecular complexity index is 679. The SMILES string of the molecule is Cc1cc(CO)nc2cc3c(cc12)OC(C)(C)[C@H](O)C3. The lowest BCUT2D eigenvalue weighted by Crippen LogP contribution is -2.46. The number of nitrogens with zero attached hydrogens (tertiary/aromatic N) is 1. The van der Waals surface area contributed by atoms with E-state index in [0.29, 0.717) is 12.1 Å². The Morgan fingerprint density at radius 2 is 2.10 bits per heavy atom. The smallest absolute Gasteiger partial charge is 0.129 e.